The molecule has 0 heterocycles. The van der Waals surface area contributed by atoms with Crippen LogP contribution in [0.25, 0.3) is 0 Å². The van der Waals surface area contributed by atoms with Gasteiger partial charge in [0.25, 0.3) is 0 Å². The molecule has 0 aromatic rings. The van der Waals surface area contributed by atoms with E-state index in [1.165, 1.54) is 38.5 Å². The number of allylic oxidation sites excluding steroid dienone is 8. The van der Waals surface area contributed by atoms with Crippen molar-refractivity contribution < 1.29 is 14.2 Å². The average Bonchev–Trinajstić information content (AvgIpc) is 2.87. The third kappa shape index (κ3) is 25.7. The molecule has 0 spiro atoms. The quantitative estimate of drug-likeness (QED) is 0.0685. The maximum absolute atomic E-state index is 6.32. The van der Waals surface area contributed by atoms with E-state index in [9.17, 15) is 0 Å². The van der Waals surface area contributed by atoms with Crippen molar-refractivity contribution in [1.29, 1.82) is 0 Å². The second-order valence-electron chi connectivity index (χ2n) is 9.30. The Kier molecular flexibility index (Phi) is 28.1. The van der Waals surface area contributed by atoms with Crippen LogP contribution in [0.3, 0.4) is 0 Å². The largest absolute Gasteiger partial charge is 0.353 e. The highest BCUT2D eigenvalue weighted by Crippen LogP contribution is 2.17. The Morgan fingerprint density at radius 1 is 0.457 bits per heavy atom. The summed E-state index contributed by atoms with van der Waals surface area (Å²) >= 11 is 0. The first-order chi connectivity index (χ1) is 17.3. The SMILES string of the molecule is CCCC/C=C\C=C\CCCCC(OCCC)OC(CCCC/C=C/C=C\CCCC)OCCC. The Morgan fingerprint density at radius 3 is 1.17 bits per heavy atom. The van der Waals surface area contributed by atoms with Gasteiger partial charge in [-0.05, 0) is 77.0 Å². The Balaban J connectivity index is 4.32. The monoisotopic (exact) mass is 490 g/mol. The second-order valence-corrected chi connectivity index (χ2v) is 9.30. The molecule has 2 atom stereocenters. The fourth-order valence-electron chi connectivity index (χ4n) is 3.54. The van der Waals surface area contributed by atoms with Gasteiger partial charge >= 0.3 is 0 Å². The summed E-state index contributed by atoms with van der Waals surface area (Å²) in [6.45, 7) is 10.2. The highest BCUT2D eigenvalue weighted by Gasteiger charge is 2.17. The molecule has 3 nitrogen and oxygen atoms in total. The third-order valence-electron chi connectivity index (χ3n) is 5.66. The zero-order valence-electron chi connectivity index (χ0n) is 23.7. The molecular formula is C32H58O3. The minimum Gasteiger partial charge on any atom is -0.353 e. The minimum atomic E-state index is -0.164. The van der Waals surface area contributed by atoms with Crippen LogP contribution in [0, 0.1) is 0 Å². The maximum Gasteiger partial charge on any atom is 0.160 e. The van der Waals surface area contributed by atoms with E-state index in [2.05, 4.69) is 76.3 Å². The van der Waals surface area contributed by atoms with Crippen molar-refractivity contribution in [3.05, 3.63) is 48.6 Å². The smallest absolute Gasteiger partial charge is 0.160 e. The summed E-state index contributed by atoms with van der Waals surface area (Å²) in [5, 5.41) is 0. The molecule has 3 heteroatoms. The van der Waals surface area contributed by atoms with Gasteiger partial charge in [-0.25, -0.2) is 0 Å². The summed E-state index contributed by atoms with van der Waals surface area (Å²) in [6.07, 6.45) is 35.5. The molecular weight excluding hydrogens is 432 g/mol. The van der Waals surface area contributed by atoms with Gasteiger partial charge in [-0.1, -0.05) is 102 Å². The standard InChI is InChI=1S/C32H58O3/c1-5-9-11-13-15-17-19-21-23-25-27-31(33-29-7-3)35-32(34-30-8-4)28-26-24-22-20-18-16-14-12-10-6-2/h13-20,31-32H,5-12,21-30H2,1-4H3/b15-13-,16-14-,19-17+,20-18+. The Morgan fingerprint density at radius 2 is 0.829 bits per heavy atom. The van der Waals surface area contributed by atoms with E-state index >= 15 is 0 Å². The van der Waals surface area contributed by atoms with E-state index in [-0.39, 0.29) is 12.6 Å². The van der Waals surface area contributed by atoms with Crippen LogP contribution in [0.4, 0.5) is 0 Å². The molecule has 35 heavy (non-hydrogen) atoms. The van der Waals surface area contributed by atoms with Crippen LogP contribution < -0.4 is 0 Å². The summed E-state index contributed by atoms with van der Waals surface area (Å²) in [4.78, 5) is 0. The van der Waals surface area contributed by atoms with E-state index in [0.717, 1.165) is 77.4 Å². The fraction of sp³-hybridized carbons (Fsp3) is 0.750. The van der Waals surface area contributed by atoms with Gasteiger partial charge in [-0.3, -0.25) is 0 Å². The minimum absolute atomic E-state index is 0.164. The van der Waals surface area contributed by atoms with E-state index in [4.69, 9.17) is 14.2 Å². The molecule has 0 N–H and O–H groups in total. The van der Waals surface area contributed by atoms with Gasteiger partial charge < -0.3 is 14.2 Å². The van der Waals surface area contributed by atoms with Gasteiger partial charge in [0.05, 0.1) is 0 Å². The lowest BCUT2D eigenvalue weighted by atomic mass is 10.1. The Hall–Kier alpha value is -1.16. The van der Waals surface area contributed by atoms with Crippen molar-refractivity contribution in [2.45, 2.75) is 143 Å². The molecule has 0 aliphatic rings. The maximum atomic E-state index is 6.32. The first-order valence-electron chi connectivity index (χ1n) is 14.8. The summed E-state index contributed by atoms with van der Waals surface area (Å²) in [6, 6.07) is 0. The average molecular weight is 491 g/mol. The molecule has 0 radical (unpaired) electrons. The molecule has 0 amide bonds. The first kappa shape index (κ1) is 33.8. The lowest BCUT2D eigenvalue weighted by molar-refractivity contribution is -0.249. The first-order valence-corrected chi connectivity index (χ1v) is 14.8. The lowest BCUT2D eigenvalue weighted by Crippen LogP contribution is -2.27. The van der Waals surface area contributed by atoms with Crippen LogP contribution in [0.2, 0.25) is 0 Å². The van der Waals surface area contributed by atoms with Crippen LogP contribution in [-0.2, 0) is 14.2 Å². The molecule has 0 aromatic heterocycles. The molecule has 0 saturated carbocycles. The molecule has 0 rings (SSSR count). The highest BCUT2D eigenvalue weighted by molar-refractivity contribution is 5.02. The van der Waals surface area contributed by atoms with Crippen LogP contribution in [0.15, 0.2) is 48.6 Å². The van der Waals surface area contributed by atoms with Crippen LogP contribution >= 0.6 is 0 Å². The molecule has 0 aliphatic carbocycles. The highest BCUT2D eigenvalue weighted by atomic mass is 16.8. The number of ether oxygens (including phenoxy) is 3. The summed E-state index contributed by atoms with van der Waals surface area (Å²) < 4.78 is 18.4. The van der Waals surface area contributed by atoms with E-state index in [0.29, 0.717) is 0 Å². The van der Waals surface area contributed by atoms with Crippen molar-refractivity contribution in [3.63, 3.8) is 0 Å². The molecule has 0 bridgehead atoms. The molecule has 0 aromatic carbocycles. The molecule has 0 aliphatic heterocycles. The van der Waals surface area contributed by atoms with E-state index in [1.54, 1.807) is 0 Å². The summed E-state index contributed by atoms with van der Waals surface area (Å²) in [7, 11) is 0. The van der Waals surface area contributed by atoms with Crippen molar-refractivity contribution >= 4 is 0 Å². The number of rotatable bonds is 26. The Bertz CT molecular complexity index is 475. The van der Waals surface area contributed by atoms with Gasteiger partial charge in [-0.2, -0.15) is 0 Å². The molecule has 204 valence electrons. The molecule has 0 saturated heterocycles. The van der Waals surface area contributed by atoms with Gasteiger partial charge in [-0.15, -0.1) is 0 Å². The zero-order chi connectivity index (χ0) is 25.7. The molecule has 0 fully saturated rings. The number of unbranched alkanes of at least 4 members (excludes halogenated alkanes) is 8. The summed E-state index contributed by atoms with van der Waals surface area (Å²) in [5.74, 6) is 0. The predicted octanol–water partition coefficient (Wildman–Crippen LogP) is 10.2. The zero-order valence-corrected chi connectivity index (χ0v) is 23.7. The van der Waals surface area contributed by atoms with Crippen LogP contribution in [-0.4, -0.2) is 25.8 Å². The second kappa shape index (κ2) is 29.1. The van der Waals surface area contributed by atoms with Crippen molar-refractivity contribution in [2.24, 2.45) is 0 Å². The lowest BCUT2D eigenvalue weighted by Gasteiger charge is -2.25. The third-order valence-corrected chi connectivity index (χ3v) is 5.66. The van der Waals surface area contributed by atoms with Gasteiger partial charge in [0.2, 0.25) is 0 Å². The fourth-order valence-corrected chi connectivity index (χ4v) is 3.54. The van der Waals surface area contributed by atoms with Gasteiger partial charge in [0.1, 0.15) is 0 Å². The Labute approximate surface area is 219 Å². The van der Waals surface area contributed by atoms with Crippen LogP contribution in [0.5, 0.6) is 0 Å². The number of hydrogen-bond donors (Lipinski definition) is 0. The van der Waals surface area contributed by atoms with Crippen molar-refractivity contribution in [3.8, 4) is 0 Å². The summed E-state index contributed by atoms with van der Waals surface area (Å²) in [5.41, 5.74) is 0. The van der Waals surface area contributed by atoms with Crippen LogP contribution in [0.1, 0.15) is 130 Å². The van der Waals surface area contributed by atoms with Crippen molar-refractivity contribution in [2.75, 3.05) is 13.2 Å². The molecule has 2 unspecified atom stereocenters. The van der Waals surface area contributed by atoms with Gasteiger partial charge in [0.15, 0.2) is 12.6 Å². The van der Waals surface area contributed by atoms with Gasteiger partial charge in [0, 0.05) is 13.2 Å². The predicted molar refractivity (Wildman–Crippen MR) is 154 cm³/mol. The normalized spacial score (nSPS) is 14.3. The van der Waals surface area contributed by atoms with E-state index in [1.807, 2.05) is 0 Å². The van der Waals surface area contributed by atoms with Crippen molar-refractivity contribution in [1.82, 2.24) is 0 Å². The topological polar surface area (TPSA) is 27.7 Å². The number of hydrogen-bond acceptors (Lipinski definition) is 3. The van der Waals surface area contributed by atoms with E-state index < -0.39 is 0 Å².